The predicted molar refractivity (Wildman–Crippen MR) is 85.6 cm³/mol. The topological polar surface area (TPSA) is 47.1 Å². The zero-order valence-electron chi connectivity index (χ0n) is 11.6. The molecule has 0 aliphatic rings. The summed E-state index contributed by atoms with van der Waals surface area (Å²) in [4.78, 5) is 2.19. The van der Waals surface area contributed by atoms with E-state index < -0.39 is 0 Å². The quantitative estimate of drug-likeness (QED) is 0.895. The van der Waals surface area contributed by atoms with Gasteiger partial charge in [0.25, 0.3) is 0 Å². The molecule has 4 nitrogen and oxygen atoms in total. The molecule has 1 aromatic heterocycles. The number of aromatic nitrogens is 2. The second-order valence-electron chi connectivity index (χ2n) is 4.85. The summed E-state index contributed by atoms with van der Waals surface area (Å²) in [6.07, 6.45) is 3.88. The first-order valence-electron chi connectivity index (χ1n) is 6.34. The molecule has 1 heterocycles. The van der Waals surface area contributed by atoms with Crippen LogP contribution in [0.3, 0.4) is 0 Å². The molecule has 6 heteroatoms. The Bertz CT molecular complexity index is 584. The number of hydrogen-bond acceptors (Lipinski definition) is 3. The van der Waals surface area contributed by atoms with Gasteiger partial charge in [-0.15, -0.1) is 0 Å². The molecule has 0 amide bonds. The highest BCUT2D eigenvalue weighted by molar-refractivity contribution is 9.10. The van der Waals surface area contributed by atoms with Crippen molar-refractivity contribution in [2.45, 2.75) is 12.6 Å². The Hall–Kier alpha value is -0.880. The number of rotatable bonds is 5. The molecule has 2 N–H and O–H groups in total. The van der Waals surface area contributed by atoms with Gasteiger partial charge in [0.2, 0.25) is 0 Å². The second kappa shape index (κ2) is 6.72. The van der Waals surface area contributed by atoms with Crippen molar-refractivity contribution < 1.29 is 0 Å². The van der Waals surface area contributed by atoms with E-state index in [9.17, 15) is 0 Å². The smallest absolute Gasteiger partial charge is 0.0534 e. The van der Waals surface area contributed by atoms with Crippen LogP contribution in [0.2, 0.25) is 5.02 Å². The van der Waals surface area contributed by atoms with Gasteiger partial charge in [0.05, 0.1) is 6.20 Å². The van der Waals surface area contributed by atoms with E-state index in [1.54, 1.807) is 4.68 Å². The summed E-state index contributed by atoms with van der Waals surface area (Å²) in [5.74, 6) is 0. The van der Waals surface area contributed by atoms with Gasteiger partial charge in [-0.05, 0) is 24.7 Å². The summed E-state index contributed by atoms with van der Waals surface area (Å²) in [6.45, 7) is 1.29. The monoisotopic (exact) mass is 356 g/mol. The minimum Gasteiger partial charge on any atom is -0.329 e. The second-order valence-corrected chi connectivity index (χ2v) is 6.18. The van der Waals surface area contributed by atoms with E-state index >= 15 is 0 Å². The van der Waals surface area contributed by atoms with Crippen molar-refractivity contribution in [1.82, 2.24) is 14.7 Å². The van der Waals surface area contributed by atoms with Gasteiger partial charge in [0.1, 0.15) is 0 Å². The molecular weight excluding hydrogens is 340 g/mol. The van der Waals surface area contributed by atoms with E-state index in [4.69, 9.17) is 17.3 Å². The highest BCUT2D eigenvalue weighted by Gasteiger charge is 2.19. The molecule has 2 rings (SSSR count). The molecule has 0 fully saturated rings. The third kappa shape index (κ3) is 3.61. The van der Waals surface area contributed by atoms with Crippen molar-refractivity contribution in [3.05, 3.63) is 51.2 Å². The van der Waals surface area contributed by atoms with Crippen molar-refractivity contribution >= 4 is 27.5 Å². The van der Waals surface area contributed by atoms with Crippen LogP contribution in [0.15, 0.2) is 35.1 Å². The molecule has 0 radical (unpaired) electrons. The van der Waals surface area contributed by atoms with Crippen molar-refractivity contribution in [1.29, 1.82) is 0 Å². The van der Waals surface area contributed by atoms with Crippen molar-refractivity contribution in [2.24, 2.45) is 12.8 Å². The Labute approximate surface area is 132 Å². The normalized spacial score (nSPS) is 12.9. The average molecular weight is 358 g/mol. The molecule has 0 aliphatic carbocycles. The Kier molecular flexibility index (Phi) is 5.21. The first-order valence-corrected chi connectivity index (χ1v) is 7.51. The van der Waals surface area contributed by atoms with Gasteiger partial charge >= 0.3 is 0 Å². The van der Waals surface area contributed by atoms with Gasteiger partial charge in [-0.3, -0.25) is 9.58 Å². The molecule has 1 atom stereocenters. The molecule has 108 valence electrons. The number of nitrogens with two attached hydrogens (primary N) is 1. The lowest BCUT2D eigenvalue weighted by atomic mass is 10.1. The van der Waals surface area contributed by atoms with E-state index in [-0.39, 0.29) is 6.04 Å². The average Bonchev–Trinajstić information content (AvgIpc) is 2.78. The van der Waals surface area contributed by atoms with E-state index in [0.717, 1.165) is 27.2 Å². The zero-order valence-corrected chi connectivity index (χ0v) is 13.9. The number of halogens is 2. The molecule has 0 saturated carbocycles. The zero-order chi connectivity index (χ0) is 14.7. The van der Waals surface area contributed by atoms with Crippen molar-refractivity contribution in [3.63, 3.8) is 0 Å². The fourth-order valence-electron chi connectivity index (χ4n) is 2.27. The number of nitrogens with zero attached hydrogens (tertiary/aromatic N) is 3. The maximum atomic E-state index is 6.33. The standard InChI is InChI=1S/C14H18BrClN4/c1-19(8-10-7-18-20(2)9-10)14(6-17)12-4-3-11(15)5-13(12)16/h3-5,7,9,14H,6,8,17H2,1-2H3. The lowest BCUT2D eigenvalue weighted by molar-refractivity contribution is 0.242. The van der Waals surface area contributed by atoms with Gasteiger partial charge < -0.3 is 5.73 Å². The van der Waals surface area contributed by atoms with Crippen LogP contribution in [0.5, 0.6) is 0 Å². The van der Waals surface area contributed by atoms with Crippen LogP contribution in [-0.2, 0) is 13.6 Å². The molecule has 0 bridgehead atoms. The molecule has 2 aromatic rings. The number of aryl methyl sites for hydroxylation is 1. The Morgan fingerprint density at radius 1 is 1.50 bits per heavy atom. The highest BCUT2D eigenvalue weighted by atomic mass is 79.9. The summed E-state index contributed by atoms with van der Waals surface area (Å²) < 4.78 is 2.77. The Balaban J connectivity index is 2.18. The Morgan fingerprint density at radius 2 is 2.25 bits per heavy atom. The van der Waals surface area contributed by atoms with Crippen LogP contribution in [-0.4, -0.2) is 28.3 Å². The molecule has 20 heavy (non-hydrogen) atoms. The van der Waals surface area contributed by atoms with Crippen molar-refractivity contribution in [2.75, 3.05) is 13.6 Å². The lowest BCUT2D eigenvalue weighted by Gasteiger charge is -2.27. The maximum absolute atomic E-state index is 6.33. The minimum atomic E-state index is 0.0795. The minimum absolute atomic E-state index is 0.0795. The molecule has 1 unspecified atom stereocenters. The third-order valence-corrected chi connectivity index (χ3v) is 4.09. The number of hydrogen-bond donors (Lipinski definition) is 1. The van der Waals surface area contributed by atoms with Gasteiger partial charge in [0, 0.05) is 47.4 Å². The maximum Gasteiger partial charge on any atom is 0.0534 e. The van der Waals surface area contributed by atoms with Crippen LogP contribution in [0.1, 0.15) is 17.2 Å². The summed E-state index contributed by atoms with van der Waals surface area (Å²) in [5, 5.41) is 4.91. The van der Waals surface area contributed by atoms with E-state index in [2.05, 4.69) is 25.9 Å². The summed E-state index contributed by atoms with van der Waals surface area (Å²) >= 11 is 9.75. The number of likely N-dealkylation sites (N-methyl/N-ethyl adjacent to an activating group) is 1. The van der Waals surface area contributed by atoms with Crippen molar-refractivity contribution in [3.8, 4) is 0 Å². The van der Waals surface area contributed by atoms with E-state index in [0.29, 0.717) is 6.54 Å². The van der Waals surface area contributed by atoms with Crippen LogP contribution in [0, 0.1) is 0 Å². The predicted octanol–water partition coefficient (Wildman–Crippen LogP) is 2.97. The first-order chi connectivity index (χ1) is 9.51. The first kappa shape index (κ1) is 15.5. The molecular formula is C14H18BrClN4. The summed E-state index contributed by atoms with van der Waals surface area (Å²) in [7, 11) is 3.96. The molecule has 0 aliphatic heterocycles. The van der Waals surface area contributed by atoms with Gasteiger partial charge in [-0.25, -0.2) is 0 Å². The van der Waals surface area contributed by atoms with Crippen LogP contribution >= 0.6 is 27.5 Å². The van der Waals surface area contributed by atoms with E-state index in [1.807, 2.05) is 44.7 Å². The molecule has 1 aromatic carbocycles. The third-order valence-electron chi connectivity index (χ3n) is 3.27. The van der Waals surface area contributed by atoms with Crippen LogP contribution < -0.4 is 5.73 Å². The fourth-order valence-corrected chi connectivity index (χ4v) is 3.07. The van der Waals surface area contributed by atoms with E-state index in [1.165, 1.54) is 0 Å². The largest absolute Gasteiger partial charge is 0.329 e. The lowest BCUT2D eigenvalue weighted by Crippen LogP contribution is -2.30. The molecule has 0 saturated heterocycles. The van der Waals surface area contributed by atoms with Gasteiger partial charge in [0.15, 0.2) is 0 Å². The summed E-state index contributed by atoms with van der Waals surface area (Å²) in [5.41, 5.74) is 8.14. The number of benzene rings is 1. The van der Waals surface area contributed by atoms with Gasteiger partial charge in [-0.2, -0.15) is 5.10 Å². The van der Waals surface area contributed by atoms with Gasteiger partial charge in [-0.1, -0.05) is 33.6 Å². The van der Waals surface area contributed by atoms with Crippen LogP contribution in [0.25, 0.3) is 0 Å². The molecule has 0 spiro atoms. The van der Waals surface area contributed by atoms with Crippen LogP contribution in [0.4, 0.5) is 0 Å². The highest BCUT2D eigenvalue weighted by Crippen LogP contribution is 2.29. The SMILES string of the molecule is CN(Cc1cnn(C)c1)C(CN)c1ccc(Br)cc1Cl. The summed E-state index contributed by atoms with van der Waals surface area (Å²) in [6, 6.07) is 5.99. The Morgan fingerprint density at radius 3 is 2.80 bits per heavy atom. The fraction of sp³-hybridized carbons (Fsp3) is 0.357.